The lowest BCUT2D eigenvalue weighted by Crippen LogP contribution is -2.15. The summed E-state index contributed by atoms with van der Waals surface area (Å²) in [5.74, 6) is -1.50. The van der Waals surface area contributed by atoms with Crippen LogP contribution in [0.1, 0.15) is 52.3 Å². The summed E-state index contributed by atoms with van der Waals surface area (Å²) in [4.78, 5) is 25.2. The van der Waals surface area contributed by atoms with E-state index in [-0.39, 0.29) is 18.1 Å². The molecule has 1 aromatic carbocycles. The first-order valence-electron chi connectivity index (χ1n) is 7.30. The smallest absolute Gasteiger partial charge is 0.341 e. The molecule has 6 heteroatoms. The average Bonchev–Trinajstić information content (AvgIpc) is 2.92. The van der Waals surface area contributed by atoms with E-state index in [2.05, 4.69) is 5.32 Å². The second-order valence-corrected chi connectivity index (χ2v) is 6.28. The maximum Gasteiger partial charge on any atom is 0.341 e. The van der Waals surface area contributed by atoms with Crippen LogP contribution in [0.25, 0.3) is 0 Å². The molecule has 0 fully saturated rings. The number of amides is 1. The van der Waals surface area contributed by atoms with Crippen LogP contribution in [0.15, 0.2) is 30.3 Å². The second kappa shape index (κ2) is 7.37. The van der Waals surface area contributed by atoms with Crippen molar-refractivity contribution in [1.29, 1.82) is 0 Å². The van der Waals surface area contributed by atoms with Crippen molar-refractivity contribution >= 4 is 28.2 Å². The van der Waals surface area contributed by atoms with Gasteiger partial charge in [0.25, 0.3) is 5.91 Å². The van der Waals surface area contributed by atoms with Crippen LogP contribution in [0, 0.1) is 5.82 Å². The van der Waals surface area contributed by atoms with Gasteiger partial charge in [0.2, 0.25) is 0 Å². The molecule has 122 valence electrons. The Morgan fingerprint density at radius 2 is 1.96 bits per heavy atom. The molecule has 2 rings (SSSR count). The Bertz CT molecular complexity index is 724. The molecule has 0 aliphatic carbocycles. The van der Waals surface area contributed by atoms with Crippen molar-refractivity contribution < 1.29 is 18.7 Å². The van der Waals surface area contributed by atoms with E-state index >= 15 is 0 Å². The maximum atomic E-state index is 13.7. The van der Waals surface area contributed by atoms with Gasteiger partial charge in [-0.05, 0) is 31.0 Å². The van der Waals surface area contributed by atoms with Crippen LogP contribution in [0.4, 0.5) is 9.39 Å². The highest BCUT2D eigenvalue weighted by molar-refractivity contribution is 7.16. The van der Waals surface area contributed by atoms with Gasteiger partial charge in [0.1, 0.15) is 10.8 Å². The number of anilines is 1. The third-order valence-electron chi connectivity index (χ3n) is 3.16. The van der Waals surface area contributed by atoms with Gasteiger partial charge in [0.05, 0.1) is 17.7 Å². The molecule has 1 amide bonds. The van der Waals surface area contributed by atoms with E-state index in [1.807, 2.05) is 13.8 Å². The molecule has 0 saturated carbocycles. The molecule has 4 nitrogen and oxygen atoms in total. The summed E-state index contributed by atoms with van der Waals surface area (Å²) >= 11 is 1.30. The number of ether oxygens (including phenoxy) is 1. The quantitative estimate of drug-likeness (QED) is 0.822. The minimum absolute atomic E-state index is 0.0678. The minimum Gasteiger partial charge on any atom is -0.462 e. The normalized spacial score (nSPS) is 10.7. The van der Waals surface area contributed by atoms with Crippen LogP contribution in [-0.2, 0) is 4.74 Å². The molecule has 0 aliphatic heterocycles. The molecule has 0 spiro atoms. The van der Waals surface area contributed by atoms with Gasteiger partial charge in [-0.3, -0.25) is 4.79 Å². The highest BCUT2D eigenvalue weighted by atomic mass is 32.1. The number of rotatable bonds is 5. The van der Waals surface area contributed by atoms with E-state index in [4.69, 9.17) is 4.74 Å². The third kappa shape index (κ3) is 3.96. The number of benzene rings is 1. The maximum absolute atomic E-state index is 13.7. The Balaban J connectivity index is 2.33. The number of hydrogen-bond donors (Lipinski definition) is 1. The molecule has 0 aliphatic rings. The summed E-state index contributed by atoms with van der Waals surface area (Å²) < 4.78 is 18.7. The Morgan fingerprint density at radius 1 is 1.26 bits per heavy atom. The fraction of sp³-hybridized carbons (Fsp3) is 0.294. The zero-order chi connectivity index (χ0) is 17.0. The van der Waals surface area contributed by atoms with Gasteiger partial charge in [-0.1, -0.05) is 26.0 Å². The van der Waals surface area contributed by atoms with Crippen molar-refractivity contribution in [3.63, 3.8) is 0 Å². The van der Waals surface area contributed by atoms with Gasteiger partial charge in [0.15, 0.2) is 0 Å². The third-order valence-corrected chi connectivity index (χ3v) is 4.51. The monoisotopic (exact) mass is 335 g/mol. The first-order chi connectivity index (χ1) is 10.9. The highest BCUT2D eigenvalue weighted by Gasteiger charge is 2.21. The van der Waals surface area contributed by atoms with Crippen LogP contribution < -0.4 is 5.32 Å². The summed E-state index contributed by atoms with van der Waals surface area (Å²) in [6, 6.07) is 7.42. The number of nitrogens with one attached hydrogen (secondary N) is 1. The number of hydrogen-bond acceptors (Lipinski definition) is 4. The van der Waals surface area contributed by atoms with Gasteiger partial charge in [0, 0.05) is 4.88 Å². The lowest BCUT2D eigenvalue weighted by Gasteiger charge is -2.06. The Labute approximate surface area is 138 Å². The van der Waals surface area contributed by atoms with Crippen molar-refractivity contribution in [2.75, 3.05) is 11.9 Å². The van der Waals surface area contributed by atoms with Crippen molar-refractivity contribution in [3.05, 3.63) is 52.2 Å². The zero-order valence-electron chi connectivity index (χ0n) is 13.2. The molecule has 0 atom stereocenters. The van der Waals surface area contributed by atoms with Crippen molar-refractivity contribution in [2.24, 2.45) is 0 Å². The van der Waals surface area contributed by atoms with Crippen molar-refractivity contribution in [3.8, 4) is 0 Å². The number of carbonyl (C=O) groups is 2. The van der Waals surface area contributed by atoms with E-state index in [1.54, 1.807) is 19.1 Å². The Kier molecular flexibility index (Phi) is 5.50. The summed E-state index contributed by atoms with van der Waals surface area (Å²) in [5.41, 5.74) is 0.229. The van der Waals surface area contributed by atoms with Crippen LogP contribution in [0.2, 0.25) is 0 Å². The second-order valence-electron chi connectivity index (χ2n) is 5.20. The predicted molar refractivity (Wildman–Crippen MR) is 88.7 cm³/mol. The van der Waals surface area contributed by atoms with Gasteiger partial charge >= 0.3 is 5.97 Å². The van der Waals surface area contributed by atoms with Crippen molar-refractivity contribution in [1.82, 2.24) is 0 Å². The Hall–Kier alpha value is -2.21. The molecular formula is C17H18FNO3S. The van der Waals surface area contributed by atoms with Gasteiger partial charge in [-0.15, -0.1) is 11.3 Å². The average molecular weight is 335 g/mol. The molecule has 0 saturated heterocycles. The first kappa shape index (κ1) is 17.1. The predicted octanol–water partition coefficient (Wildman–Crippen LogP) is 4.44. The lowest BCUT2D eigenvalue weighted by atomic mass is 10.1. The largest absolute Gasteiger partial charge is 0.462 e. The fourth-order valence-corrected chi connectivity index (χ4v) is 3.01. The molecule has 0 radical (unpaired) electrons. The standard InChI is InChI=1S/C17H18FNO3S/c1-4-22-17(21)12-9-14(10(2)3)23-16(12)19-15(20)11-7-5-6-8-13(11)18/h5-10H,4H2,1-3H3,(H,19,20). The SMILES string of the molecule is CCOC(=O)c1cc(C(C)C)sc1NC(=O)c1ccccc1F. The van der Waals surface area contributed by atoms with Crippen LogP contribution >= 0.6 is 11.3 Å². The van der Waals surface area contributed by atoms with Crippen molar-refractivity contribution in [2.45, 2.75) is 26.7 Å². The number of halogens is 1. The summed E-state index contributed by atoms with van der Waals surface area (Å²) in [5, 5.41) is 3.00. The summed E-state index contributed by atoms with van der Waals surface area (Å²) in [6.07, 6.45) is 0. The molecule has 1 aromatic heterocycles. The molecule has 0 unspecified atom stereocenters. The highest BCUT2D eigenvalue weighted by Crippen LogP contribution is 2.33. The van der Waals surface area contributed by atoms with E-state index in [9.17, 15) is 14.0 Å². The number of carbonyl (C=O) groups excluding carboxylic acids is 2. The molecule has 23 heavy (non-hydrogen) atoms. The molecule has 1 N–H and O–H groups in total. The minimum atomic E-state index is -0.608. The van der Waals surface area contributed by atoms with Gasteiger partial charge < -0.3 is 10.1 Å². The first-order valence-corrected chi connectivity index (χ1v) is 8.12. The zero-order valence-corrected chi connectivity index (χ0v) is 14.0. The fourth-order valence-electron chi connectivity index (χ4n) is 1.96. The van der Waals surface area contributed by atoms with Gasteiger partial charge in [-0.2, -0.15) is 0 Å². The topological polar surface area (TPSA) is 55.4 Å². The van der Waals surface area contributed by atoms with E-state index < -0.39 is 17.7 Å². The van der Waals surface area contributed by atoms with E-state index in [1.165, 1.54) is 29.5 Å². The van der Waals surface area contributed by atoms with E-state index in [0.717, 1.165) is 4.88 Å². The number of esters is 1. The number of thiophene rings is 1. The van der Waals surface area contributed by atoms with Gasteiger partial charge in [-0.25, -0.2) is 9.18 Å². The summed E-state index contributed by atoms with van der Waals surface area (Å²) in [6.45, 7) is 5.93. The van der Waals surface area contributed by atoms with Crippen LogP contribution in [0.3, 0.4) is 0 Å². The Morgan fingerprint density at radius 3 is 2.57 bits per heavy atom. The molecule has 1 heterocycles. The lowest BCUT2D eigenvalue weighted by molar-refractivity contribution is 0.0528. The molecule has 0 bridgehead atoms. The molecule has 2 aromatic rings. The summed E-state index contributed by atoms with van der Waals surface area (Å²) in [7, 11) is 0. The molecular weight excluding hydrogens is 317 g/mol. The van der Waals surface area contributed by atoms with E-state index in [0.29, 0.717) is 10.6 Å². The van der Waals surface area contributed by atoms with Crippen LogP contribution in [-0.4, -0.2) is 18.5 Å². The van der Waals surface area contributed by atoms with Crippen LogP contribution in [0.5, 0.6) is 0 Å².